The highest BCUT2D eigenvalue weighted by Crippen LogP contribution is 2.34. The number of thiophene rings is 1. The lowest BCUT2D eigenvalue weighted by Gasteiger charge is -2.13. The zero-order valence-corrected chi connectivity index (χ0v) is 10.8. The topological polar surface area (TPSA) is 46.3 Å². The van der Waals surface area contributed by atoms with Crippen LogP contribution in [-0.4, -0.2) is 24.4 Å². The third-order valence-corrected chi connectivity index (χ3v) is 3.81. The van der Waals surface area contributed by atoms with E-state index in [4.69, 9.17) is 5.73 Å². The van der Waals surface area contributed by atoms with E-state index < -0.39 is 0 Å². The van der Waals surface area contributed by atoms with Gasteiger partial charge >= 0.3 is 0 Å². The van der Waals surface area contributed by atoms with E-state index >= 15 is 0 Å². The summed E-state index contributed by atoms with van der Waals surface area (Å²) in [5.74, 6) is -0.528. The molecule has 2 N–H and O–H groups in total. The van der Waals surface area contributed by atoms with E-state index in [0.29, 0.717) is 22.5 Å². The Bertz CT molecular complexity index is 621. The molecule has 2 rings (SSSR count). The Morgan fingerprint density at radius 3 is 3.00 bits per heavy atom. The van der Waals surface area contributed by atoms with Gasteiger partial charge in [-0.1, -0.05) is 6.08 Å². The van der Waals surface area contributed by atoms with Gasteiger partial charge in [0.05, 0.1) is 5.69 Å². The predicted octanol–water partition coefficient (Wildman–Crippen LogP) is 2.88. The number of rotatable bonds is 3. The molecule has 0 aliphatic rings. The van der Waals surface area contributed by atoms with Crippen LogP contribution in [0, 0.1) is 5.82 Å². The second-order valence-electron chi connectivity index (χ2n) is 3.96. The molecule has 0 aliphatic heterocycles. The van der Waals surface area contributed by atoms with Crippen molar-refractivity contribution in [1.29, 1.82) is 0 Å². The minimum absolute atomic E-state index is 0.172. The molecule has 3 nitrogen and oxygen atoms in total. The third-order valence-electron chi connectivity index (χ3n) is 2.63. The molecule has 1 aromatic heterocycles. The second kappa shape index (κ2) is 4.78. The lowest BCUT2D eigenvalue weighted by Crippen LogP contribution is -2.26. The standard InChI is InChI=1S/C13H13FN2OS/c1-3-6-16(2)13(17)12-11(15)9-7-8(14)4-5-10(9)18-12/h3-5,7H,1,6,15H2,2H3. The van der Waals surface area contributed by atoms with Gasteiger partial charge in [0, 0.05) is 23.7 Å². The van der Waals surface area contributed by atoms with Crippen molar-refractivity contribution in [3.8, 4) is 0 Å². The normalized spacial score (nSPS) is 10.6. The fraction of sp³-hybridized carbons (Fsp3) is 0.154. The SMILES string of the molecule is C=CCN(C)C(=O)c1sc2ccc(F)cc2c1N. The fourth-order valence-corrected chi connectivity index (χ4v) is 2.80. The molecule has 0 radical (unpaired) electrons. The number of nitrogens with two attached hydrogens (primary N) is 1. The van der Waals surface area contributed by atoms with Crippen LogP contribution in [0.25, 0.3) is 10.1 Å². The highest BCUT2D eigenvalue weighted by Gasteiger charge is 2.19. The predicted molar refractivity (Wildman–Crippen MR) is 73.4 cm³/mol. The molecule has 5 heteroatoms. The summed E-state index contributed by atoms with van der Waals surface area (Å²) in [4.78, 5) is 14.1. The molecule has 2 aromatic rings. The zero-order chi connectivity index (χ0) is 13.3. The molecule has 0 spiro atoms. The number of hydrogen-bond donors (Lipinski definition) is 1. The van der Waals surface area contributed by atoms with Gasteiger partial charge in [0.15, 0.2) is 0 Å². The van der Waals surface area contributed by atoms with Crippen LogP contribution >= 0.6 is 11.3 Å². The number of carbonyl (C=O) groups excluding carboxylic acids is 1. The summed E-state index contributed by atoms with van der Waals surface area (Å²) < 4.78 is 14.0. The van der Waals surface area contributed by atoms with E-state index in [-0.39, 0.29) is 11.7 Å². The van der Waals surface area contributed by atoms with Crippen molar-refractivity contribution in [3.63, 3.8) is 0 Å². The summed E-state index contributed by atoms with van der Waals surface area (Å²) in [6.07, 6.45) is 1.64. The molecule has 18 heavy (non-hydrogen) atoms. The van der Waals surface area contributed by atoms with Gasteiger partial charge < -0.3 is 10.6 Å². The molecule has 0 saturated heterocycles. The minimum Gasteiger partial charge on any atom is -0.397 e. The van der Waals surface area contributed by atoms with Crippen LogP contribution in [0.2, 0.25) is 0 Å². The van der Waals surface area contributed by atoms with Crippen molar-refractivity contribution in [2.75, 3.05) is 19.3 Å². The summed E-state index contributed by atoms with van der Waals surface area (Å²) in [6.45, 7) is 4.03. The van der Waals surface area contributed by atoms with Gasteiger partial charge in [0.25, 0.3) is 5.91 Å². The van der Waals surface area contributed by atoms with Gasteiger partial charge in [-0.25, -0.2) is 4.39 Å². The number of carbonyl (C=O) groups is 1. The number of likely N-dealkylation sites (N-methyl/N-ethyl adjacent to an activating group) is 1. The van der Waals surface area contributed by atoms with Crippen molar-refractivity contribution < 1.29 is 9.18 Å². The Labute approximate surface area is 108 Å². The number of hydrogen-bond acceptors (Lipinski definition) is 3. The quantitative estimate of drug-likeness (QED) is 0.866. The van der Waals surface area contributed by atoms with E-state index in [1.807, 2.05) is 0 Å². The number of anilines is 1. The van der Waals surface area contributed by atoms with Crippen LogP contribution in [0.5, 0.6) is 0 Å². The van der Waals surface area contributed by atoms with E-state index in [2.05, 4.69) is 6.58 Å². The number of nitrogens with zero attached hydrogens (tertiary/aromatic N) is 1. The Hall–Kier alpha value is -1.88. The number of benzene rings is 1. The van der Waals surface area contributed by atoms with E-state index in [1.165, 1.54) is 28.4 Å². The van der Waals surface area contributed by atoms with Crippen molar-refractivity contribution >= 4 is 33.0 Å². The Morgan fingerprint density at radius 2 is 2.33 bits per heavy atom. The summed E-state index contributed by atoms with van der Waals surface area (Å²) in [6, 6.07) is 4.35. The highest BCUT2D eigenvalue weighted by atomic mass is 32.1. The van der Waals surface area contributed by atoms with Crippen LogP contribution < -0.4 is 5.73 Å². The van der Waals surface area contributed by atoms with Crippen LogP contribution in [0.15, 0.2) is 30.9 Å². The molecule has 1 amide bonds. The summed E-state index contributed by atoms with van der Waals surface area (Å²) in [7, 11) is 1.68. The Morgan fingerprint density at radius 1 is 1.61 bits per heavy atom. The molecule has 1 heterocycles. The molecule has 94 valence electrons. The van der Waals surface area contributed by atoms with Crippen molar-refractivity contribution in [3.05, 3.63) is 41.5 Å². The van der Waals surface area contributed by atoms with Gasteiger partial charge in [-0.05, 0) is 18.2 Å². The van der Waals surface area contributed by atoms with Crippen molar-refractivity contribution in [1.82, 2.24) is 4.90 Å². The van der Waals surface area contributed by atoms with E-state index in [9.17, 15) is 9.18 Å². The molecule has 0 bridgehead atoms. The monoisotopic (exact) mass is 264 g/mol. The summed E-state index contributed by atoms with van der Waals surface area (Å²) in [5, 5.41) is 0.593. The van der Waals surface area contributed by atoms with Gasteiger partial charge in [-0.3, -0.25) is 4.79 Å². The molecule has 0 atom stereocenters. The maximum absolute atomic E-state index is 13.1. The van der Waals surface area contributed by atoms with E-state index in [1.54, 1.807) is 19.2 Å². The van der Waals surface area contributed by atoms with Crippen molar-refractivity contribution in [2.24, 2.45) is 0 Å². The molecule has 0 aliphatic carbocycles. The second-order valence-corrected chi connectivity index (χ2v) is 5.01. The summed E-state index contributed by atoms with van der Waals surface area (Å²) >= 11 is 1.28. The number of fused-ring (bicyclic) bond motifs is 1. The zero-order valence-electron chi connectivity index (χ0n) is 9.94. The first kappa shape index (κ1) is 12.6. The third kappa shape index (κ3) is 2.09. The average molecular weight is 264 g/mol. The van der Waals surface area contributed by atoms with Gasteiger partial charge in [0.1, 0.15) is 10.7 Å². The van der Waals surface area contributed by atoms with Crippen molar-refractivity contribution in [2.45, 2.75) is 0 Å². The van der Waals surface area contributed by atoms with Crippen LogP contribution in [-0.2, 0) is 0 Å². The van der Waals surface area contributed by atoms with Crippen LogP contribution in [0.4, 0.5) is 10.1 Å². The molecule has 0 saturated carbocycles. The molecule has 1 aromatic carbocycles. The summed E-state index contributed by atoms with van der Waals surface area (Å²) in [5.41, 5.74) is 6.26. The lowest BCUT2D eigenvalue weighted by atomic mass is 10.2. The average Bonchev–Trinajstić information content (AvgIpc) is 2.66. The molecule has 0 fully saturated rings. The first-order valence-corrected chi connectivity index (χ1v) is 6.20. The van der Waals surface area contributed by atoms with E-state index in [0.717, 1.165) is 4.70 Å². The Kier molecular flexibility index (Phi) is 3.34. The highest BCUT2D eigenvalue weighted by molar-refractivity contribution is 7.21. The first-order valence-electron chi connectivity index (χ1n) is 5.38. The minimum atomic E-state index is -0.356. The lowest BCUT2D eigenvalue weighted by molar-refractivity contribution is 0.0816. The Balaban J connectivity index is 2.49. The van der Waals surface area contributed by atoms with Gasteiger partial charge in [-0.15, -0.1) is 17.9 Å². The van der Waals surface area contributed by atoms with Crippen LogP contribution in [0.1, 0.15) is 9.67 Å². The smallest absolute Gasteiger partial charge is 0.266 e. The number of nitrogen functional groups attached to an aromatic ring is 1. The largest absolute Gasteiger partial charge is 0.397 e. The fourth-order valence-electron chi connectivity index (χ4n) is 1.70. The molecular weight excluding hydrogens is 251 g/mol. The maximum Gasteiger partial charge on any atom is 0.266 e. The maximum atomic E-state index is 13.1. The molecule has 0 unspecified atom stereocenters. The van der Waals surface area contributed by atoms with Gasteiger partial charge in [-0.2, -0.15) is 0 Å². The van der Waals surface area contributed by atoms with Gasteiger partial charge in [0.2, 0.25) is 0 Å². The van der Waals surface area contributed by atoms with Crippen LogP contribution in [0.3, 0.4) is 0 Å². The molecular formula is C13H13FN2OS. The first-order chi connectivity index (χ1) is 8.54. The number of amides is 1. The number of halogens is 1.